The molecule has 0 amide bonds. The van der Waals surface area contributed by atoms with Gasteiger partial charge in [-0.3, -0.25) is 0 Å². The summed E-state index contributed by atoms with van der Waals surface area (Å²) in [7, 11) is 0. The van der Waals surface area contributed by atoms with Gasteiger partial charge in [0.25, 0.3) is 0 Å². The Hall–Kier alpha value is -2.62. The molecule has 0 N–H and O–H groups in total. The Balaban J connectivity index is 1.63. The van der Waals surface area contributed by atoms with Crippen molar-refractivity contribution >= 4 is 10.8 Å². The van der Waals surface area contributed by atoms with Crippen LogP contribution in [-0.2, 0) is 19.3 Å². The molecule has 0 saturated heterocycles. The minimum atomic E-state index is -0.641. The van der Waals surface area contributed by atoms with Crippen LogP contribution in [0.2, 0.25) is 0 Å². The normalized spacial score (nSPS) is 11.2. The van der Waals surface area contributed by atoms with Crippen LogP contribution in [0.5, 0.6) is 5.75 Å². The van der Waals surface area contributed by atoms with Crippen molar-refractivity contribution in [2.45, 2.75) is 78.1 Å². The molecular formula is C28H35FO3. The first kappa shape index (κ1) is 24.0. The van der Waals surface area contributed by atoms with Gasteiger partial charge in [-0.25, -0.2) is 9.18 Å². The van der Waals surface area contributed by atoms with E-state index in [9.17, 15) is 9.18 Å². The van der Waals surface area contributed by atoms with E-state index in [1.807, 2.05) is 0 Å². The third-order valence-electron chi connectivity index (χ3n) is 5.89. The first-order valence-corrected chi connectivity index (χ1v) is 12.1. The van der Waals surface area contributed by atoms with E-state index in [1.54, 1.807) is 18.2 Å². The van der Waals surface area contributed by atoms with Gasteiger partial charge in [-0.1, -0.05) is 76.3 Å². The predicted octanol–water partition coefficient (Wildman–Crippen LogP) is 7.41. The third-order valence-corrected chi connectivity index (χ3v) is 5.89. The largest absolute Gasteiger partial charge is 0.490 e. The topological polar surface area (TPSA) is 39.4 Å². The second-order valence-electron chi connectivity index (χ2n) is 8.52. The summed E-state index contributed by atoms with van der Waals surface area (Å²) in [6.07, 6.45) is 10.4. The lowest BCUT2D eigenvalue weighted by atomic mass is 10.0. The molecule has 172 valence electrons. The molecule has 1 heterocycles. The molecule has 0 saturated carbocycles. The van der Waals surface area contributed by atoms with Crippen molar-refractivity contribution in [2.24, 2.45) is 0 Å². The van der Waals surface area contributed by atoms with E-state index in [2.05, 4.69) is 38.1 Å². The molecule has 1 aromatic heterocycles. The summed E-state index contributed by atoms with van der Waals surface area (Å²) in [6.45, 7) is 4.80. The summed E-state index contributed by atoms with van der Waals surface area (Å²) in [4.78, 5) is 12.5. The Morgan fingerprint density at radius 3 is 2.22 bits per heavy atom. The van der Waals surface area contributed by atoms with Crippen LogP contribution >= 0.6 is 0 Å². The van der Waals surface area contributed by atoms with Crippen LogP contribution in [-0.4, -0.2) is 6.61 Å². The molecule has 32 heavy (non-hydrogen) atoms. The zero-order chi connectivity index (χ0) is 22.8. The van der Waals surface area contributed by atoms with Gasteiger partial charge in [-0.2, -0.15) is 0 Å². The summed E-state index contributed by atoms with van der Waals surface area (Å²) >= 11 is 0. The molecule has 0 fully saturated rings. The Morgan fingerprint density at radius 2 is 1.50 bits per heavy atom. The van der Waals surface area contributed by atoms with Crippen LogP contribution in [0.25, 0.3) is 10.8 Å². The van der Waals surface area contributed by atoms with Gasteiger partial charge in [0.15, 0.2) is 11.6 Å². The number of hydrogen-bond acceptors (Lipinski definition) is 3. The minimum absolute atomic E-state index is 0.0313. The number of benzene rings is 2. The molecule has 0 unspecified atom stereocenters. The van der Waals surface area contributed by atoms with Crippen LogP contribution in [0.4, 0.5) is 4.39 Å². The Labute approximate surface area is 190 Å². The number of fused-ring (bicyclic) bond motifs is 1. The van der Waals surface area contributed by atoms with Crippen molar-refractivity contribution in [1.29, 1.82) is 0 Å². The first-order valence-electron chi connectivity index (χ1n) is 12.1. The average Bonchev–Trinajstić information content (AvgIpc) is 2.79. The van der Waals surface area contributed by atoms with Gasteiger partial charge in [-0.15, -0.1) is 0 Å². The maximum absolute atomic E-state index is 14.9. The van der Waals surface area contributed by atoms with Crippen molar-refractivity contribution < 1.29 is 13.5 Å². The molecule has 0 aliphatic rings. The van der Waals surface area contributed by atoms with Gasteiger partial charge in [0.1, 0.15) is 11.1 Å². The lowest BCUT2D eigenvalue weighted by molar-refractivity contribution is 0.291. The SMILES string of the molecule is CCCCCCOc1ccc2cc(CCc3ccc(CCCCC)cc3)oc(=O)c2c1F. The van der Waals surface area contributed by atoms with Gasteiger partial charge in [-0.05, 0) is 54.3 Å². The lowest BCUT2D eigenvalue weighted by Crippen LogP contribution is -2.07. The van der Waals surface area contributed by atoms with E-state index in [-0.39, 0.29) is 11.1 Å². The van der Waals surface area contributed by atoms with E-state index in [0.29, 0.717) is 24.2 Å². The molecule has 0 radical (unpaired) electrons. The molecule has 3 rings (SSSR count). The molecule has 2 aromatic carbocycles. The second kappa shape index (κ2) is 12.4. The molecule has 3 aromatic rings. The smallest absolute Gasteiger partial charge is 0.346 e. The van der Waals surface area contributed by atoms with E-state index in [1.165, 1.54) is 30.4 Å². The monoisotopic (exact) mass is 438 g/mol. The molecule has 0 bridgehead atoms. The zero-order valence-corrected chi connectivity index (χ0v) is 19.4. The maximum atomic E-state index is 14.9. The molecule has 0 aliphatic heterocycles. The highest BCUT2D eigenvalue weighted by molar-refractivity contribution is 5.83. The highest BCUT2D eigenvalue weighted by Crippen LogP contribution is 2.25. The number of hydrogen-bond donors (Lipinski definition) is 0. The maximum Gasteiger partial charge on any atom is 0.346 e. The van der Waals surface area contributed by atoms with Crippen LogP contribution in [0.1, 0.15) is 75.7 Å². The summed E-state index contributed by atoms with van der Waals surface area (Å²) in [5, 5.41) is 0.523. The van der Waals surface area contributed by atoms with E-state index < -0.39 is 11.4 Å². The van der Waals surface area contributed by atoms with Crippen LogP contribution in [0.3, 0.4) is 0 Å². The molecular weight excluding hydrogens is 403 g/mol. The lowest BCUT2D eigenvalue weighted by Gasteiger charge is -2.09. The van der Waals surface area contributed by atoms with E-state index >= 15 is 0 Å². The Morgan fingerprint density at radius 1 is 0.812 bits per heavy atom. The number of unbranched alkanes of at least 4 members (excludes halogenated alkanes) is 5. The van der Waals surface area contributed by atoms with Crippen LogP contribution < -0.4 is 10.4 Å². The van der Waals surface area contributed by atoms with Gasteiger partial charge in [0, 0.05) is 6.42 Å². The van der Waals surface area contributed by atoms with Crippen molar-refractivity contribution in [3.63, 3.8) is 0 Å². The highest BCUT2D eigenvalue weighted by Gasteiger charge is 2.14. The number of halogens is 1. The van der Waals surface area contributed by atoms with Gasteiger partial charge >= 0.3 is 5.63 Å². The molecule has 0 spiro atoms. The van der Waals surface area contributed by atoms with Crippen LogP contribution in [0, 0.1) is 5.82 Å². The summed E-state index contributed by atoms with van der Waals surface area (Å²) in [5.41, 5.74) is 1.92. The zero-order valence-electron chi connectivity index (χ0n) is 19.4. The molecule has 0 atom stereocenters. The second-order valence-corrected chi connectivity index (χ2v) is 8.52. The van der Waals surface area contributed by atoms with Gasteiger partial charge < -0.3 is 9.15 Å². The molecule has 3 nitrogen and oxygen atoms in total. The Kier molecular flexibility index (Phi) is 9.33. The van der Waals surface area contributed by atoms with Crippen LogP contribution in [0.15, 0.2) is 51.7 Å². The summed E-state index contributed by atoms with van der Waals surface area (Å²) in [6, 6.07) is 13.8. The summed E-state index contributed by atoms with van der Waals surface area (Å²) in [5.74, 6) is 0.0622. The van der Waals surface area contributed by atoms with Gasteiger partial charge in [0.05, 0.1) is 6.61 Å². The fourth-order valence-electron chi connectivity index (χ4n) is 3.94. The number of rotatable bonds is 13. The summed E-state index contributed by atoms with van der Waals surface area (Å²) < 4.78 is 25.9. The van der Waals surface area contributed by atoms with Crippen molar-refractivity contribution in [3.8, 4) is 5.75 Å². The van der Waals surface area contributed by atoms with Crippen molar-refractivity contribution in [2.75, 3.05) is 6.61 Å². The minimum Gasteiger partial charge on any atom is -0.490 e. The molecule has 0 aliphatic carbocycles. The van der Waals surface area contributed by atoms with E-state index in [4.69, 9.17) is 9.15 Å². The fraction of sp³-hybridized carbons (Fsp3) is 0.464. The predicted molar refractivity (Wildman–Crippen MR) is 129 cm³/mol. The van der Waals surface area contributed by atoms with E-state index in [0.717, 1.165) is 38.5 Å². The Bertz CT molecular complexity index is 1040. The average molecular weight is 439 g/mol. The number of aryl methyl sites for hydroxylation is 3. The fourth-order valence-corrected chi connectivity index (χ4v) is 3.94. The van der Waals surface area contributed by atoms with Crippen molar-refractivity contribution in [3.05, 3.63) is 75.6 Å². The highest BCUT2D eigenvalue weighted by atomic mass is 19.1. The number of ether oxygens (including phenoxy) is 1. The standard InChI is InChI=1S/C28H35FO3/c1-3-5-7-9-19-31-25-18-16-23-20-24(32-28(30)26(23)27(25)29)17-15-22-13-11-21(12-14-22)10-8-6-4-2/h11-14,16,18,20H,3-10,15,17,19H2,1-2H3. The quantitative estimate of drug-likeness (QED) is 0.261. The molecule has 4 heteroatoms. The third kappa shape index (κ3) is 6.69. The van der Waals surface area contributed by atoms with Crippen molar-refractivity contribution in [1.82, 2.24) is 0 Å². The first-order chi connectivity index (χ1) is 15.6. The van der Waals surface area contributed by atoms with Gasteiger partial charge in [0.2, 0.25) is 0 Å².